The molecule has 0 aliphatic heterocycles. The van der Waals surface area contributed by atoms with E-state index in [9.17, 15) is 13.2 Å². The fraction of sp³-hybridized carbons (Fsp3) is 0.312. The number of thiazole rings is 1. The number of esters is 1. The van der Waals surface area contributed by atoms with Crippen molar-refractivity contribution in [3.8, 4) is 10.7 Å². The van der Waals surface area contributed by atoms with Gasteiger partial charge in [-0.05, 0) is 26.8 Å². The number of aromatic nitrogens is 3. The van der Waals surface area contributed by atoms with Crippen molar-refractivity contribution >= 4 is 33.1 Å². The second-order valence-corrected chi connectivity index (χ2v) is 8.44. The molecule has 0 aliphatic rings. The molecule has 1 N–H and O–H groups in total. The lowest BCUT2D eigenvalue weighted by molar-refractivity contribution is 0.0531. The van der Waals surface area contributed by atoms with Crippen molar-refractivity contribution in [1.82, 2.24) is 14.7 Å². The van der Waals surface area contributed by atoms with Gasteiger partial charge >= 0.3 is 5.97 Å². The Hall–Kier alpha value is -2.66. The molecule has 27 heavy (non-hydrogen) atoms. The van der Waals surface area contributed by atoms with Crippen molar-refractivity contribution in [3.05, 3.63) is 34.7 Å². The van der Waals surface area contributed by atoms with Gasteiger partial charge in [0, 0.05) is 19.3 Å². The number of carbonyl (C=O) groups is 1. The maximum absolute atomic E-state index is 12.6. The molecule has 9 nitrogen and oxygen atoms in total. The number of carbonyl (C=O) groups excluding carboxylic acids is 1. The van der Waals surface area contributed by atoms with Crippen LogP contribution in [0.2, 0.25) is 0 Å². The van der Waals surface area contributed by atoms with Gasteiger partial charge in [0.1, 0.15) is 20.5 Å². The third kappa shape index (κ3) is 3.88. The molecular formula is C16H18N4O5S2. The summed E-state index contributed by atoms with van der Waals surface area (Å²) in [5.41, 5.74) is 1.10. The van der Waals surface area contributed by atoms with Crippen LogP contribution in [0.25, 0.3) is 10.7 Å². The van der Waals surface area contributed by atoms with E-state index in [0.717, 1.165) is 11.3 Å². The number of hydrogen-bond acceptors (Lipinski definition) is 8. The van der Waals surface area contributed by atoms with Gasteiger partial charge in [-0.2, -0.15) is 0 Å². The Morgan fingerprint density at radius 2 is 2.11 bits per heavy atom. The first-order chi connectivity index (χ1) is 12.7. The lowest BCUT2D eigenvalue weighted by atomic mass is 10.4. The van der Waals surface area contributed by atoms with Gasteiger partial charge in [-0.25, -0.2) is 18.2 Å². The Morgan fingerprint density at radius 3 is 2.74 bits per heavy atom. The van der Waals surface area contributed by atoms with Crippen LogP contribution in [0, 0.1) is 13.8 Å². The van der Waals surface area contributed by atoms with Gasteiger partial charge in [0.2, 0.25) is 0 Å². The molecule has 0 bridgehead atoms. The molecule has 0 saturated heterocycles. The van der Waals surface area contributed by atoms with Crippen LogP contribution in [0.3, 0.4) is 0 Å². The number of nitrogens with zero attached hydrogens (tertiary/aromatic N) is 3. The first kappa shape index (κ1) is 19.1. The standard InChI is InChI=1S/C16H18N4O5S2/c1-5-24-16(21)14-10(3)17-15(26-14)12-7-11(8-20(12)4)27(22,23)19-13-6-9(2)25-18-13/h6-8H,5H2,1-4H3,(H,18,19). The zero-order valence-corrected chi connectivity index (χ0v) is 16.8. The van der Waals surface area contributed by atoms with Gasteiger partial charge in [0.25, 0.3) is 10.0 Å². The topological polar surface area (TPSA) is 116 Å². The first-order valence-corrected chi connectivity index (χ1v) is 10.3. The summed E-state index contributed by atoms with van der Waals surface area (Å²) in [6, 6.07) is 2.97. The van der Waals surface area contributed by atoms with Crippen molar-refractivity contribution in [3.63, 3.8) is 0 Å². The van der Waals surface area contributed by atoms with Crippen LogP contribution < -0.4 is 4.72 Å². The van der Waals surface area contributed by atoms with Crippen molar-refractivity contribution in [2.75, 3.05) is 11.3 Å². The van der Waals surface area contributed by atoms with Gasteiger partial charge in [-0.3, -0.25) is 4.72 Å². The zero-order chi connectivity index (χ0) is 19.8. The minimum absolute atomic E-state index is 0.0474. The maximum atomic E-state index is 12.6. The molecule has 3 aromatic rings. The SMILES string of the molecule is CCOC(=O)c1sc(-c2cc(S(=O)(=O)Nc3cc(C)on3)cn2C)nc1C. The molecule has 144 valence electrons. The van der Waals surface area contributed by atoms with E-state index in [-0.39, 0.29) is 17.3 Å². The van der Waals surface area contributed by atoms with E-state index in [2.05, 4.69) is 14.9 Å². The van der Waals surface area contributed by atoms with Crippen LogP contribution in [0.15, 0.2) is 27.7 Å². The highest BCUT2D eigenvalue weighted by Crippen LogP contribution is 2.31. The van der Waals surface area contributed by atoms with Gasteiger partial charge in [-0.1, -0.05) is 5.16 Å². The van der Waals surface area contributed by atoms with Crippen LogP contribution in [-0.4, -0.2) is 35.7 Å². The molecule has 0 unspecified atom stereocenters. The van der Waals surface area contributed by atoms with Gasteiger partial charge < -0.3 is 13.8 Å². The van der Waals surface area contributed by atoms with Crippen molar-refractivity contribution in [2.24, 2.45) is 7.05 Å². The molecule has 3 aromatic heterocycles. The maximum Gasteiger partial charge on any atom is 0.350 e. The van der Waals surface area contributed by atoms with E-state index in [1.807, 2.05) is 0 Å². The summed E-state index contributed by atoms with van der Waals surface area (Å²) in [6.07, 6.45) is 1.46. The molecule has 3 rings (SSSR count). The second kappa shape index (κ2) is 7.16. The Morgan fingerprint density at radius 1 is 1.37 bits per heavy atom. The quantitative estimate of drug-likeness (QED) is 0.621. The molecule has 0 radical (unpaired) electrons. The third-order valence-electron chi connectivity index (χ3n) is 3.63. The largest absolute Gasteiger partial charge is 0.462 e. The molecule has 0 saturated carbocycles. The minimum atomic E-state index is -3.85. The Labute approximate surface area is 160 Å². The number of aryl methyl sites for hydroxylation is 3. The van der Waals surface area contributed by atoms with Crippen LogP contribution in [0.1, 0.15) is 28.0 Å². The first-order valence-electron chi connectivity index (χ1n) is 7.98. The van der Waals surface area contributed by atoms with E-state index >= 15 is 0 Å². The van der Waals surface area contributed by atoms with Crippen molar-refractivity contribution in [2.45, 2.75) is 25.7 Å². The molecular weight excluding hydrogens is 392 g/mol. The molecule has 0 fully saturated rings. The Balaban J connectivity index is 1.93. The van der Waals surface area contributed by atoms with E-state index in [1.54, 1.807) is 32.4 Å². The van der Waals surface area contributed by atoms with Crippen LogP contribution >= 0.6 is 11.3 Å². The van der Waals surface area contributed by atoms with Crippen LogP contribution in [0.4, 0.5) is 5.82 Å². The highest BCUT2D eigenvalue weighted by molar-refractivity contribution is 7.92. The molecule has 0 atom stereocenters. The second-order valence-electron chi connectivity index (χ2n) is 5.75. The summed E-state index contributed by atoms with van der Waals surface area (Å²) < 4.78 is 39.0. The van der Waals surface area contributed by atoms with Crippen LogP contribution in [0.5, 0.6) is 0 Å². The number of rotatable bonds is 6. The fourth-order valence-electron chi connectivity index (χ4n) is 2.40. The highest BCUT2D eigenvalue weighted by Gasteiger charge is 2.23. The van der Waals surface area contributed by atoms with Gasteiger partial charge in [0.15, 0.2) is 5.82 Å². The molecule has 0 aromatic carbocycles. The summed E-state index contributed by atoms with van der Waals surface area (Å²) in [6.45, 7) is 5.37. The number of hydrogen-bond donors (Lipinski definition) is 1. The van der Waals surface area contributed by atoms with Crippen LogP contribution in [-0.2, 0) is 21.8 Å². The smallest absolute Gasteiger partial charge is 0.350 e. The van der Waals surface area contributed by atoms with Gasteiger partial charge in [0.05, 0.1) is 18.0 Å². The zero-order valence-electron chi connectivity index (χ0n) is 15.1. The normalized spacial score (nSPS) is 11.6. The number of anilines is 1. The van der Waals surface area contributed by atoms with E-state index in [0.29, 0.717) is 27.0 Å². The van der Waals surface area contributed by atoms with Crippen molar-refractivity contribution in [1.29, 1.82) is 0 Å². The summed E-state index contributed by atoms with van der Waals surface area (Å²) >= 11 is 1.16. The van der Waals surface area contributed by atoms with E-state index in [1.165, 1.54) is 18.3 Å². The molecule has 0 aliphatic carbocycles. The summed E-state index contributed by atoms with van der Waals surface area (Å²) in [7, 11) is -2.14. The molecule has 3 heterocycles. The molecule has 0 spiro atoms. The Bertz CT molecular complexity index is 1090. The number of sulfonamides is 1. The Kier molecular flexibility index (Phi) is 5.07. The summed E-state index contributed by atoms with van der Waals surface area (Å²) in [5.74, 6) is 0.155. The molecule has 11 heteroatoms. The monoisotopic (exact) mass is 410 g/mol. The predicted molar refractivity (Wildman–Crippen MR) is 99.3 cm³/mol. The number of ether oxygens (including phenoxy) is 1. The minimum Gasteiger partial charge on any atom is -0.462 e. The fourth-order valence-corrected chi connectivity index (χ4v) is 4.47. The lowest BCUT2D eigenvalue weighted by Gasteiger charge is -2.01. The van der Waals surface area contributed by atoms with Crippen molar-refractivity contribution < 1.29 is 22.5 Å². The molecule has 0 amide bonds. The van der Waals surface area contributed by atoms with E-state index < -0.39 is 16.0 Å². The summed E-state index contributed by atoms with van der Waals surface area (Å²) in [4.78, 5) is 16.8. The number of nitrogens with one attached hydrogen (secondary N) is 1. The lowest BCUT2D eigenvalue weighted by Crippen LogP contribution is -2.12. The van der Waals surface area contributed by atoms with Gasteiger partial charge in [-0.15, -0.1) is 11.3 Å². The highest BCUT2D eigenvalue weighted by atomic mass is 32.2. The third-order valence-corrected chi connectivity index (χ3v) is 6.12. The average Bonchev–Trinajstić information content (AvgIpc) is 3.26. The van der Waals surface area contributed by atoms with E-state index in [4.69, 9.17) is 9.26 Å². The average molecular weight is 410 g/mol. The predicted octanol–water partition coefficient (Wildman–Crippen LogP) is 2.73. The summed E-state index contributed by atoms with van der Waals surface area (Å²) in [5, 5.41) is 4.16.